The van der Waals surface area contributed by atoms with Crippen molar-refractivity contribution in [2.75, 3.05) is 30.9 Å². The number of aryl methyl sites for hydroxylation is 1. The molecule has 6 nitrogen and oxygen atoms in total. The summed E-state index contributed by atoms with van der Waals surface area (Å²) < 4.78 is 24.6. The fourth-order valence-corrected chi connectivity index (χ4v) is 2.42. The predicted octanol–water partition coefficient (Wildman–Crippen LogP) is 4.17. The van der Waals surface area contributed by atoms with Crippen LogP contribution in [0.4, 0.5) is 21.8 Å². The number of hydrogen-bond donors (Lipinski definition) is 2. The molecule has 0 saturated heterocycles. The summed E-state index contributed by atoms with van der Waals surface area (Å²) in [6.07, 6.45) is 0. The number of hydrogen-bond acceptors (Lipinski definition) is 6. The summed E-state index contributed by atoms with van der Waals surface area (Å²) >= 11 is 0. The smallest absolute Gasteiger partial charge is 0.224 e. The molecule has 0 aliphatic rings. The van der Waals surface area contributed by atoms with Gasteiger partial charge in [-0.3, -0.25) is 0 Å². The Bertz CT molecular complexity index is 887. The molecule has 7 heteroatoms. The van der Waals surface area contributed by atoms with Gasteiger partial charge in [0.2, 0.25) is 5.95 Å². The van der Waals surface area contributed by atoms with Gasteiger partial charge in [0, 0.05) is 11.8 Å². The first-order valence-electron chi connectivity index (χ1n) is 8.52. The Morgan fingerprint density at radius 3 is 2.48 bits per heavy atom. The number of rotatable bonds is 8. The average molecular weight is 368 g/mol. The maximum atomic E-state index is 13.8. The number of para-hydroxylation sites is 1. The van der Waals surface area contributed by atoms with E-state index in [1.54, 1.807) is 31.4 Å². The quantitative estimate of drug-likeness (QED) is 0.582. The number of nitrogens with zero attached hydrogens (tertiary/aromatic N) is 2. The lowest BCUT2D eigenvalue weighted by Crippen LogP contribution is -2.14. The highest BCUT2D eigenvalue weighted by molar-refractivity contribution is 5.58. The minimum Gasteiger partial charge on any atom is -0.497 e. The zero-order chi connectivity index (χ0) is 19.1. The molecule has 0 aliphatic heterocycles. The van der Waals surface area contributed by atoms with Crippen LogP contribution in [0.25, 0.3) is 0 Å². The van der Waals surface area contributed by atoms with Gasteiger partial charge in [0.15, 0.2) is 0 Å². The van der Waals surface area contributed by atoms with Crippen LogP contribution >= 0.6 is 0 Å². The fraction of sp³-hybridized carbons (Fsp3) is 0.200. The third kappa shape index (κ3) is 5.31. The van der Waals surface area contributed by atoms with Crippen molar-refractivity contribution in [3.05, 3.63) is 66.1 Å². The molecule has 0 saturated carbocycles. The van der Waals surface area contributed by atoms with E-state index in [9.17, 15) is 4.39 Å². The molecule has 1 aromatic heterocycles. The molecule has 1 heterocycles. The van der Waals surface area contributed by atoms with Crippen molar-refractivity contribution >= 4 is 17.5 Å². The molecule has 0 aliphatic carbocycles. The summed E-state index contributed by atoms with van der Waals surface area (Å²) in [5.74, 6) is 2.17. The van der Waals surface area contributed by atoms with E-state index >= 15 is 0 Å². The molecular formula is C20H21FN4O2. The van der Waals surface area contributed by atoms with Gasteiger partial charge in [-0.15, -0.1) is 0 Å². The van der Waals surface area contributed by atoms with Crippen molar-refractivity contribution in [1.82, 2.24) is 9.97 Å². The van der Waals surface area contributed by atoms with Gasteiger partial charge in [-0.2, -0.15) is 4.98 Å². The molecule has 0 radical (unpaired) electrons. The van der Waals surface area contributed by atoms with Gasteiger partial charge in [0.05, 0.1) is 19.3 Å². The zero-order valence-electron chi connectivity index (χ0n) is 15.2. The van der Waals surface area contributed by atoms with Gasteiger partial charge in [0.1, 0.15) is 29.7 Å². The normalized spacial score (nSPS) is 10.3. The van der Waals surface area contributed by atoms with Crippen LogP contribution < -0.4 is 20.1 Å². The molecule has 140 valence electrons. The second-order valence-electron chi connectivity index (χ2n) is 5.77. The summed E-state index contributed by atoms with van der Waals surface area (Å²) in [4.78, 5) is 8.70. The number of anilines is 3. The van der Waals surface area contributed by atoms with E-state index in [1.807, 2.05) is 31.2 Å². The highest BCUT2D eigenvalue weighted by Crippen LogP contribution is 2.20. The SMILES string of the molecule is COc1ccc(OCCNc2nc(C)cc(Nc3ccccc3F)n2)cc1. The molecule has 0 spiro atoms. The van der Waals surface area contributed by atoms with Crippen LogP contribution in [0.3, 0.4) is 0 Å². The van der Waals surface area contributed by atoms with Crippen molar-refractivity contribution in [3.63, 3.8) is 0 Å². The monoisotopic (exact) mass is 368 g/mol. The molecule has 3 aromatic rings. The molecule has 27 heavy (non-hydrogen) atoms. The van der Waals surface area contributed by atoms with E-state index in [1.165, 1.54) is 6.07 Å². The number of aromatic nitrogens is 2. The Balaban J connectivity index is 1.55. The van der Waals surface area contributed by atoms with Crippen molar-refractivity contribution in [2.24, 2.45) is 0 Å². The molecule has 2 N–H and O–H groups in total. The van der Waals surface area contributed by atoms with Crippen molar-refractivity contribution in [2.45, 2.75) is 6.92 Å². The number of benzene rings is 2. The number of methoxy groups -OCH3 is 1. The predicted molar refractivity (Wildman–Crippen MR) is 103 cm³/mol. The lowest BCUT2D eigenvalue weighted by Gasteiger charge is -2.11. The molecular weight excluding hydrogens is 347 g/mol. The van der Waals surface area contributed by atoms with Crippen molar-refractivity contribution < 1.29 is 13.9 Å². The fourth-order valence-electron chi connectivity index (χ4n) is 2.42. The highest BCUT2D eigenvalue weighted by atomic mass is 19.1. The summed E-state index contributed by atoms with van der Waals surface area (Å²) in [7, 11) is 1.62. The first-order valence-corrected chi connectivity index (χ1v) is 8.52. The van der Waals surface area contributed by atoms with E-state index in [2.05, 4.69) is 20.6 Å². The molecule has 0 atom stereocenters. The maximum absolute atomic E-state index is 13.8. The van der Waals surface area contributed by atoms with Crippen LogP contribution in [0.15, 0.2) is 54.6 Å². The van der Waals surface area contributed by atoms with E-state index in [0.717, 1.165) is 17.2 Å². The Morgan fingerprint density at radius 2 is 1.74 bits per heavy atom. The van der Waals surface area contributed by atoms with Crippen LogP contribution in [0.2, 0.25) is 0 Å². The van der Waals surface area contributed by atoms with Crippen LogP contribution in [0.5, 0.6) is 11.5 Å². The second-order valence-corrected chi connectivity index (χ2v) is 5.77. The average Bonchev–Trinajstić information content (AvgIpc) is 2.67. The molecule has 0 amide bonds. The number of ether oxygens (including phenoxy) is 2. The summed E-state index contributed by atoms with van der Waals surface area (Å²) in [6.45, 7) is 2.82. The standard InChI is InChI=1S/C20H21FN4O2/c1-14-13-19(24-18-6-4-3-5-17(18)21)25-20(23-14)22-11-12-27-16-9-7-15(26-2)8-10-16/h3-10,13H,11-12H2,1-2H3,(H2,22,23,24,25). The van der Waals surface area contributed by atoms with Crippen LogP contribution in [-0.2, 0) is 0 Å². The Morgan fingerprint density at radius 1 is 1.00 bits per heavy atom. The van der Waals surface area contributed by atoms with E-state index in [0.29, 0.717) is 30.6 Å². The van der Waals surface area contributed by atoms with Gasteiger partial charge >= 0.3 is 0 Å². The van der Waals surface area contributed by atoms with E-state index in [-0.39, 0.29) is 5.82 Å². The third-order valence-corrected chi connectivity index (χ3v) is 3.70. The van der Waals surface area contributed by atoms with E-state index in [4.69, 9.17) is 9.47 Å². The van der Waals surface area contributed by atoms with Crippen LogP contribution in [-0.4, -0.2) is 30.2 Å². The molecule has 3 rings (SSSR count). The number of nitrogens with one attached hydrogen (secondary N) is 2. The Labute approximate surface area is 157 Å². The van der Waals surface area contributed by atoms with Gasteiger partial charge in [-0.05, 0) is 43.3 Å². The molecule has 0 fully saturated rings. The molecule has 0 unspecified atom stereocenters. The van der Waals surface area contributed by atoms with Crippen molar-refractivity contribution in [3.8, 4) is 11.5 Å². The van der Waals surface area contributed by atoms with Crippen LogP contribution in [0.1, 0.15) is 5.69 Å². The Kier molecular flexibility index (Phi) is 6.04. The Hall–Kier alpha value is -3.35. The zero-order valence-corrected chi connectivity index (χ0v) is 15.2. The largest absolute Gasteiger partial charge is 0.497 e. The maximum Gasteiger partial charge on any atom is 0.224 e. The van der Waals surface area contributed by atoms with Gasteiger partial charge in [-0.1, -0.05) is 12.1 Å². The van der Waals surface area contributed by atoms with Crippen LogP contribution in [0, 0.1) is 12.7 Å². The summed E-state index contributed by atoms with van der Waals surface area (Å²) in [5.41, 5.74) is 1.13. The lowest BCUT2D eigenvalue weighted by atomic mass is 10.3. The summed E-state index contributed by atoms with van der Waals surface area (Å²) in [6, 6.07) is 15.6. The molecule has 2 aromatic carbocycles. The number of halogens is 1. The van der Waals surface area contributed by atoms with Gasteiger partial charge in [0.25, 0.3) is 0 Å². The summed E-state index contributed by atoms with van der Waals surface area (Å²) in [5, 5.41) is 6.08. The van der Waals surface area contributed by atoms with E-state index < -0.39 is 0 Å². The minimum absolute atomic E-state index is 0.337. The van der Waals surface area contributed by atoms with Gasteiger partial charge < -0.3 is 20.1 Å². The topological polar surface area (TPSA) is 68.3 Å². The third-order valence-electron chi connectivity index (χ3n) is 3.70. The first kappa shape index (κ1) is 18.4. The second kappa shape index (κ2) is 8.84. The molecule has 0 bridgehead atoms. The lowest BCUT2D eigenvalue weighted by molar-refractivity contribution is 0.331. The first-order chi connectivity index (χ1) is 13.1. The van der Waals surface area contributed by atoms with Crippen molar-refractivity contribution in [1.29, 1.82) is 0 Å². The minimum atomic E-state index is -0.337. The highest BCUT2D eigenvalue weighted by Gasteiger charge is 2.05. The van der Waals surface area contributed by atoms with Gasteiger partial charge in [-0.25, -0.2) is 9.37 Å².